The topological polar surface area (TPSA) is 81.5 Å². The fraction of sp³-hybridized carbons (Fsp3) is 0.600. The maximum atomic E-state index is 13.3. The van der Waals surface area contributed by atoms with Crippen molar-refractivity contribution in [1.82, 2.24) is 14.5 Å². The molecule has 4 rings (SSSR count). The number of halogens is 1. The van der Waals surface area contributed by atoms with E-state index in [0.717, 1.165) is 25.7 Å². The zero-order chi connectivity index (χ0) is 24.3. The van der Waals surface area contributed by atoms with E-state index in [-0.39, 0.29) is 28.8 Å². The van der Waals surface area contributed by atoms with Gasteiger partial charge in [0, 0.05) is 19.6 Å². The molecule has 1 aromatic carbocycles. The van der Waals surface area contributed by atoms with Crippen LogP contribution in [0, 0.1) is 17.7 Å². The van der Waals surface area contributed by atoms with Gasteiger partial charge in [-0.05, 0) is 55.2 Å². The highest BCUT2D eigenvalue weighted by Crippen LogP contribution is 2.31. The highest BCUT2D eigenvalue weighted by atomic mass is 32.2. The molecule has 7 nitrogen and oxygen atoms in total. The predicted molar refractivity (Wildman–Crippen MR) is 126 cm³/mol. The minimum absolute atomic E-state index is 0.0231. The number of sulfone groups is 1. The molecule has 0 spiro atoms. The largest absolute Gasteiger partial charge is 0.376 e. The van der Waals surface area contributed by atoms with E-state index in [1.54, 1.807) is 10.8 Å². The first-order valence-electron chi connectivity index (χ1n) is 12.1. The Labute approximate surface area is 201 Å². The van der Waals surface area contributed by atoms with Gasteiger partial charge in [-0.25, -0.2) is 17.8 Å². The number of carbonyl (C=O) groups excluding carboxylic acids is 1. The minimum Gasteiger partial charge on any atom is -0.376 e. The van der Waals surface area contributed by atoms with Gasteiger partial charge in [0.15, 0.2) is 0 Å². The third kappa shape index (κ3) is 6.44. The third-order valence-electron chi connectivity index (χ3n) is 6.32. The molecule has 1 aliphatic heterocycles. The lowest BCUT2D eigenvalue weighted by Gasteiger charge is -2.25. The molecule has 34 heavy (non-hydrogen) atoms. The van der Waals surface area contributed by atoms with Crippen molar-refractivity contribution in [3.05, 3.63) is 47.5 Å². The van der Waals surface area contributed by atoms with E-state index < -0.39 is 15.7 Å². The number of imidazole rings is 1. The molecule has 0 bridgehead atoms. The van der Waals surface area contributed by atoms with Crippen LogP contribution in [0.2, 0.25) is 0 Å². The molecule has 0 radical (unpaired) electrons. The SMILES string of the molecule is CC(C)CC(=O)N(Cc1cnc(S(=O)(=O)Cc2ccc(F)cc2)n1CC1CCCO1)CC1CC1. The van der Waals surface area contributed by atoms with Crippen LogP contribution in [0.3, 0.4) is 0 Å². The van der Waals surface area contributed by atoms with Crippen LogP contribution in [-0.4, -0.2) is 48.0 Å². The molecule has 1 saturated heterocycles. The molecule has 1 amide bonds. The fourth-order valence-electron chi connectivity index (χ4n) is 4.36. The highest BCUT2D eigenvalue weighted by molar-refractivity contribution is 7.90. The molecular formula is C25H34FN3O4S. The van der Waals surface area contributed by atoms with Crippen LogP contribution in [0.1, 0.15) is 57.2 Å². The molecule has 9 heteroatoms. The molecule has 186 valence electrons. The highest BCUT2D eigenvalue weighted by Gasteiger charge is 2.31. The lowest BCUT2D eigenvalue weighted by atomic mass is 10.1. The van der Waals surface area contributed by atoms with Crippen molar-refractivity contribution >= 4 is 15.7 Å². The standard InChI is InChI=1S/C25H34FN3O4S/c1-18(2)12-24(30)28(14-19-5-6-19)15-22-13-27-25(29(22)16-23-4-3-11-33-23)34(31,32)17-20-7-9-21(26)10-8-20/h7-10,13,18-19,23H,3-6,11-12,14-17H2,1-2H3. The van der Waals surface area contributed by atoms with Crippen molar-refractivity contribution < 1.29 is 22.3 Å². The van der Waals surface area contributed by atoms with Crippen molar-refractivity contribution in [3.8, 4) is 0 Å². The Bertz CT molecular complexity index is 1090. The quantitative estimate of drug-likeness (QED) is 0.475. The maximum Gasteiger partial charge on any atom is 0.228 e. The van der Waals surface area contributed by atoms with Crippen LogP contribution < -0.4 is 0 Å². The summed E-state index contributed by atoms with van der Waals surface area (Å²) in [5.41, 5.74) is 1.20. The first-order chi connectivity index (χ1) is 16.2. The zero-order valence-electron chi connectivity index (χ0n) is 20.0. The molecule has 2 heterocycles. The van der Waals surface area contributed by atoms with Gasteiger partial charge in [0.2, 0.25) is 20.9 Å². The lowest BCUT2D eigenvalue weighted by Crippen LogP contribution is -2.34. The number of nitrogens with zero attached hydrogens (tertiary/aromatic N) is 3. The first kappa shape index (κ1) is 24.9. The molecule has 1 unspecified atom stereocenters. The van der Waals surface area contributed by atoms with Gasteiger partial charge >= 0.3 is 0 Å². The number of ether oxygens (including phenoxy) is 1. The summed E-state index contributed by atoms with van der Waals surface area (Å²) >= 11 is 0. The van der Waals surface area contributed by atoms with E-state index in [0.29, 0.717) is 49.8 Å². The number of amides is 1. The summed E-state index contributed by atoms with van der Waals surface area (Å²) in [6.07, 6.45) is 5.99. The second kappa shape index (κ2) is 10.6. The first-order valence-corrected chi connectivity index (χ1v) is 13.8. The summed E-state index contributed by atoms with van der Waals surface area (Å²) in [5.74, 6) is 0.172. The number of aromatic nitrogens is 2. The maximum absolute atomic E-state index is 13.3. The van der Waals surface area contributed by atoms with E-state index >= 15 is 0 Å². The Morgan fingerprint density at radius 1 is 1.24 bits per heavy atom. The molecule has 1 saturated carbocycles. The number of hydrogen-bond donors (Lipinski definition) is 0. The van der Waals surface area contributed by atoms with Crippen molar-refractivity contribution in [2.24, 2.45) is 11.8 Å². The monoisotopic (exact) mass is 491 g/mol. The summed E-state index contributed by atoms with van der Waals surface area (Å²) < 4.78 is 47.5. The van der Waals surface area contributed by atoms with Crippen molar-refractivity contribution in [2.75, 3.05) is 13.2 Å². The van der Waals surface area contributed by atoms with Crippen LogP contribution in [-0.2, 0) is 38.2 Å². The normalized spacial score (nSPS) is 18.5. The van der Waals surface area contributed by atoms with E-state index in [1.807, 2.05) is 18.7 Å². The zero-order valence-corrected chi connectivity index (χ0v) is 20.8. The summed E-state index contributed by atoms with van der Waals surface area (Å²) in [5, 5.41) is -0.0231. The van der Waals surface area contributed by atoms with Gasteiger partial charge in [0.25, 0.3) is 0 Å². The van der Waals surface area contributed by atoms with E-state index in [1.165, 1.54) is 24.3 Å². The summed E-state index contributed by atoms with van der Waals surface area (Å²) in [4.78, 5) is 19.1. The number of benzene rings is 1. The molecule has 2 fully saturated rings. The number of hydrogen-bond acceptors (Lipinski definition) is 5. The van der Waals surface area contributed by atoms with E-state index in [9.17, 15) is 17.6 Å². The Kier molecular flexibility index (Phi) is 7.72. The number of rotatable bonds is 11. The van der Waals surface area contributed by atoms with Gasteiger partial charge in [-0.15, -0.1) is 0 Å². The van der Waals surface area contributed by atoms with Crippen LogP contribution in [0.15, 0.2) is 35.6 Å². The van der Waals surface area contributed by atoms with E-state index in [4.69, 9.17) is 4.74 Å². The van der Waals surface area contributed by atoms with Crippen molar-refractivity contribution in [2.45, 2.75) is 76.1 Å². The minimum atomic E-state index is -3.79. The van der Waals surface area contributed by atoms with Crippen molar-refractivity contribution in [3.63, 3.8) is 0 Å². The van der Waals surface area contributed by atoms with Gasteiger partial charge in [0.1, 0.15) is 5.82 Å². The molecule has 2 aromatic rings. The van der Waals surface area contributed by atoms with Gasteiger partial charge in [-0.2, -0.15) is 0 Å². The summed E-state index contributed by atoms with van der Waals surface area (Å²) in [6, 6.07) is 5.46. The van der Waals surface area contributed by atoms with Gasteiger partial charge in [-0.3, -0.25) is 4.79 Å². The van der Waals surface area contributed by atoms with Gasteiger partial charge in [0.05, 0.1) is 36.8 Å². The fourth-order valence-corrected chi connectivity index (χ4v) is 5.86. The van der Waals surface area contributed by atoms with E-state index in [2.05, 4.69) is 4.98 Å². The lowest BCUT2D eigenvalue weighted by molar-refractivity contribution is -0.133. The third-order valence-corrected chi connectivity index (χ3v) is 7.92. The summed E-state index contributed by atoms with van der Waals surface area (Å²) in [6.45, 7) is 6.10. The molecule has 1 atom stereocenters. The molecule has 0 N–H and O–H groups in total. The van der Waals surface area contributed by atoms with Crippen LogP contribution in [0.4, 0.5) is 4.39 Å². The predicted octanol–water partition coefficient (Wildman–Crippen LogP) is 3.96. The molecule has 1 aliphatic carbocycles. The second-order valence-electron chi connectivity index (χ2n) is 9.98. The Hall–Kier alpha value is -2.26. The van der Waals surface area contributed by atoms with Crippen LogP contribution in [0.5, 0.6) is 0 Å². The average Bonchev–Trinajstić information content (AvgIpc) is 3.26. The number of carbonyl (C=O) groups is 1. The van der Waals surface area contributed by atoms with Crippen LogP contribution in [0.25, 0.3) is 0 Å². The Morgan fingerprint density at radius 2 is 1.97 bits per heavy atom. The van der Waals surface area contributed by atoms with Gasteiger partial charge < -0.3 is 14.2 Å². The Morgan fingerprint density at radius 3 is 2.59 bits per heavy atom. The molecule has 1 aromatic heterocycles. The smallest absolute Gasteiger partial charge is 0.228 e. The molecular weight excluding hydrogens is 457 g/mol. The summed E-state index contributed by atoms with van der Waals surface area (Å²) in [7, 11) is -3.79. The Balaban J connectivity index is 1.62. The van der Waals surface area contributed by atoms with Gasteiger partial charge in [-0.1, -0.05) is 26.0 Å². The van der Waals surface area contributed by atoms with Crippen LogP contribution >= 0.6 is 0 Å². The average molecular weight is 492 g/mol. The second-order valence-corrected chi connectivity index (χ2v) is 11.9. The molecule has 2 aliphatic rings. The van der Waals surface area contributed by atoms with Crippen molar-refractivity contribution in [1.29, 1.82) is 0 Å².